The minimum Gasteiger partial charge on any atom is -0.483 e. The van der Waals surface area contributed by atoms with Crippen molar-refractivity contribution in [3.05, 3.63) is 88.3 Å². The van der Waals surface area contributed by atoms with E-state index in [1.165, 1.54) is 6.21 Å². The minimum atomic E-state index is -0.618. The number of esters is 1. The van der Waals surface area contributed by atoms with Gasteiger partial charge in [0.1, 0.15) is 17.3 Å². The molecule has 4 rings (SSSR count). The van der Waals surface area contributed by atoms with Crippen LogP contribution in [0.4, 0.5) is 0 Å². The maximum Gasteiger partial charge on any atom is 0.338 e. The molecule has 0 fully saturated rings. The summed E-state index contributed by atoms with van der Waals surface area (Å²) in [4.78, 5) is 25.1. The van der Waals surface area contributed by atoms with Crippen LogP contribution in [0.1, 0.15) is 31.2 Å². The first-order chi connectivity index (χ1) is 18.4. The SMILES string of the molecule is CCOC(=O)C1=C(C)NC(=S)N[C@@H]1c1ccccc1OCC(=O)NN=Cc1ccc(-c2cccc(Cl)c2)o1. The first kappa shape index (κ1) is 26.9. The molecular formula is C27H25ClN4O5S. The molecule has 1 aromatic heterocycles. The summed E-state index contributed by atoms with van der Waals surface area (Å²) >= 11 is 11.3. The fourth-order valence-electron chi connectivity index (χ4n) is 3.82. The van der Waals surface area contributed by atoms with Gasteiger partial charge in [-0.15, -0.1) is 0 Å². The number of nitrogens with one attached hydrogen (secondary N) is 3. The van der Waals surface area contributed by atoms with E-state index in [1.54, 1.807) is 62.4 Å². The molecular weight excluding hydrogens is 528 g/mol. The number of carbonyl (C=O) groups excluding carboxylic acids is 2. The summed E-state index contributed by atoms with van der Waals surface area (Å²) in [6, 6.07) is 17.2. The molecule has 3 aromatic rings. The highest BCUT2D eigenvalue weighted by atomic mass is 35.5. The van der Waals surface area contributed by atoms with Gasteiger partial charge in [-0.1, -0.05) is 41.9 Å². The lowest BCUT2D eigenvalue weighted by atomic mass is 9.95. The molecule has 3 N–H and O–H groups in total. The van der Waals surface area contributed by atoms with Crippen molar-refractivity contribution in [2.24, 2.45) is 5.10 Å². The Hall–Kier alpha value is -4.15. The monoisotopic (exact) mass is 552 g/mol. The smallest absolute Gasteiger partial charge is 0.338 e. The number of hydrogen-bond donors (Lipinski definition) is 3. The fraction of sp³-hybridized carbons (Fsp3) is 0.185. The van der Waals surface area contributed by atoms with E-state index in [1.807, 2.05) is 12.1 Å². The Kier molecular flexibility index (Phi) is 8.77. The summed E-state index contributed by atoms with van der Waals surface area (Å²) in [5.74, 6) is 0.520. The Bertz CT molecular complexity index is 1420. The lowest BCUT2D eigenvalue weighted by Gasteiger charge is -2.30. The highest BCUT2D eigenvalue weighted by Crippen LogP contribution is 2.33. The first-order valence-electron chi connectivity index (χ1n) is 11.7. The molecule has 0 bridgehead atoms. The highest BCUT2D eigenvalue weighted by Gasteiger charge is 2.32. The molecule has 9 nitrogen and oxygen atoms in total. The third-order valence-electron chi connectivity index (χ3n) is 5.47. The lowest BCUT2D eigenvalue weighted by molar-refractivity contribution is -0.139. The van der Waals surface area contributed by atoms with Crippen molar-refractivity contribution in [1.29, 1.82) is 0 Å². The van der Waals surface area contributed by atoms with Gasteiger partial charge in [0.05, 0.1) is 24.4 Å². The van der Waals surface area contributed by atoms with Crippen LogP contribution in [0.5, 0.6) is 5.75 Å². The number of ether oxygens (including phenoxy) is 2. The summed E-state index contributed by atoms with van der Waals surface area (Å²) in [7, 11) is 0. The van der Waals surface area contributed by atoms with Crippen molar-refractivity contribution < 1.29 is 23.5 Å². The van der Waals surface area contributed by atoms with Crippen molar-refractivity contribution in [3.8, 4) is 17.1 Å². The minimum absolute atomic E-state index is 0.228. The molecule has 196 valence electrons. The van der Waals surface area contributed by atoms with Crippen LogP contribution in [0.3, 0.4) is 0 Å². The maximum atomic E-state index is 12.7. The molecule has 0 unspecified atom stereocenters. The van der Waals surface area contributed by atoms with E-state index in [2.05, 4.69) is 21.2 Å². The predicted octanol–water partition coefficient (Wildman–Crippen LogP) is 4.49. The van der Waals surface area contributed by atoms with E-state index in [9.17, 15) is 9.59 Å². The Morgan fingerprint density at radius 3 is 2.79 bits per heavy atom. The van der Waals surface area contributed by atoms with Gasteiger partial charge in [0.25, 0.3) is 5.91 Å². The maximum absolute atomic E-state index is 12.7. The summed E-state index contributed by atoms with van der Waals surface area (Å²) in [5, 5.41) is 10.9. The predicted molar refractivity (Wildman–Crippen MR) is 148 cm³/mol. The second kappa shape index (κ2) is 12.4. The van der Waals surface area contributed by atoms with Crippen LogP contribution in [0.2, 0.25) is 5.02 Å². The number of para-hydroxylation sites is 1. The summed E-state index contributed by atoms with van der Waals surface area (Å²) in [5.41, 5.74) is 4.82. The molecule has 0 spiro atoms. The third-order valence-corrected chi connectivity index (χ3v) is 5.93. The molecule has 11 heteroatoms. The van der Waals surface area contributed by atoms with E-state index >= 15 is 0 Å². The van der Waals surface area contributed by atoms with Gasteiger partial charge in [0.15, 0.2) is 11.7 Å². The number of hydrazone groups is 1. The van der Waals surface area contributed by atoms with Gasteiger partial charge in [0, 0.05) is 21.8 Å². The number of halogens is 1. The summed E-state index contributed by atoms with van der Waals surface area (Å²) < 4.78 is 16.7. The van der Waals surface area contributed by atoms with Crippen LogP contribution in [0, 0.1) is 0 Å². The van der Waals surface area contributed by atoms with Gasteiger partial charge in [-0.25, -0.2) is 10.2 Å². The van der Waals surface area contributed by atoms with Crippen molar-refractivity contribution >= 4 is 47.0 Å². The zero-order valence-corrected chi connectivity index (χ0v) is 22.2. The average Bonchev–Trinajstić information content (AvgIpc) is 3.36. The number of hydrogen-bond acceptors (Lipinski definition) is 7. The van der Waals surface area contributed by atoms with Gasteiger partial charge in [0.2, 0.25) is 0 Å². The zero-order valence-electron chi connectivity index (χ0n) is 20.6. The van der Waals surface area contributed by atoms with Gasteiger partial charge < -0.3 is 24.5 Å². The van der Waals surface area contributed by atoms with E-state index in [0.29, 0.717) is 44.2 Å². The summed E-state index contributed by atoms with van der Waals surface area (Å²) in [6.07, 6.45) is 1.39. The molecule has 2 heterocycles. The van der Waals surface area contributed by atoms with Crippen LogP contribution in [-0.2, 0) is 14.3 Å². The van der Waals surface area contributed by atoms with Crippen molar-refractivity contribution in [1.82, 2.24) is 16.1 Å². The van der Waals surface area contributed by atoms with Gasteiger partial charge in [-0.3, -0.25) is 4.79 Å². The molecule has 0 saturated carbocycles. The second-order valence-electron chi connectivity index (χ2n) is 8.12. The first-order valence-corrected chi connectivity index (χ1v) is 12.5. The van der Waals surface area contributed by atoms with Gasteiger partial charge in [-0.05, 0) is 56.4 Å². The van der Waals surface area contributed by atoms with Crippen LogP contribution in [0.25, 0.3) is 11.3 Å². The Morgan fingerprint density at radius 2 is 2.00 bits per heavy atom. The lowest BCUT2D eigenvalue weighted by Crippen LogP contribution is -2.45. The second-order valence-corrected chi connectivity index (χ2v) is 8.97. The molecule has 1 amide bonds. The van der Waals surface area contributed by atoms with E-state index in [-0.39, 0.29) is 13.2 Å². The number of carbonyl (C=O) groups is 2. The Balaban J connectivity index is 1.40. The van der Waals surface area contributed by atoms with Crippen molar-refractivity contribution in [3.63, 3.8) is 0 Å². The Morgan fingerprint density at radius 1 is 1.18 bits per heavy atom. The molecule has 1 atom stereocenters. The van der Waals surface area contributed by atoms with Crippen LogP contribution < -0.4 is 20.8 Å². The van der Waals surface area contributed by atoms with Crippen LogP contribution in [0.15, 0.2) is 81.5 Å². The Labute approximate surface area is 229 Å². The average molecular weight is 553 g/mol. The topological polar surface area (TPSA) is 114 Å². The number of furan rings is 1. The highest BCUT2D eigenvalue weighted by molar-refractivity contribution is 7.80. The number of thiocarbonyl (C=S) groups is 1. The normalized spacial score (nSPS) is 15.1. The summed E-state index contributed by atoms with van der Waals surface area (Å²) in [6.45, 7) is 3.40. The van der Waals surface area contributed by atoms with E-state index < -0.39 is 17.9 Å². The van der Waals surface area contributed by atoms with Gasteiger partial charge in [-0.2, -0.15) is 5.10 Å². The zero-order chi connectivity index (χ0) is 27.1. The number of amides is 1. The molecule has 0 radical (unpaired) electrons. The van der Waals surface area contributed by atoms with E-state index in [4.69, 9.17) is 37.7 Å². The molecule has 0 aliphatic carbocycles. The number of rotatable bonds is 9. The third kappa shape index (κ3) is 6.58. The van der Waals surface area contributed by atoms with Gasteiger partial charge >= 0.3 is 5.97 Å². The molecule has 1 aliphatic rings. The van der Waals surface area contributed by atoms with Crippen molar-refractivity contribution in [2.75, 3.05) is 13.2 Å². The largest absolute Gasteiger partial charge is 0.483 e. The van der Waals surface area contributed by atoms with E-state index in [0.717, 1.165) is 5.56 Å². The quantitative estimate of drug-likeness (QED) is 0.154. The molecule has 0 saturated heterocycles. The number of allylic oxidation sites excluding steroid dienone is 1. The van der Waals surface area contributed by atoms with Crippen molar-refractivity contribution in [2.45, 2.75) is 19.9 Å². The standard InChI is InChI=1S/C27H25ClN4O5S/c1-3-35-26(34)24-16(2)30-27(38)31-25(24)20-9-4-5-10-22(20)36-15-23(33)32-29-14-19-11-12-21(37-19)17-7-6-8-18(28)13-17/h4-14,25H,3,15H2,1-2H3,(H,32,33)(H2,30,31,38)/t25-/m1/s1. The number of benzene rings is 2. The van der Waals surface area contributed by atoms with Crippen LogP contribution in [-0.4, -0.2) is 36.4 Å². The van der Waals surface area contributed by atoms with Crippen LogP contribution >= 0.6 is 23.8 Å². The molecule has 2 aromatic carbocycles. The fourth-order valence-corrected chi connectivity index (χ4v) is 4.28. The number of nitrogens with zero attached hydrogens (tertiary/aromatic N) is 1. The molecule has 38 heavy (non-hydrogen) atoms. The molecule has 1 aliphatic heterocycles.